The molecule has 2 saturated heterocycles. The number of halogens is 2. The topological polar surface area (TPSA) is 78.9 Å². The largest absolute Gasteiger partial charge is 0.376 e. The standard InChI is InChI=1S/C34H33Cl2N5O3/c35-27-12-13-29(30(36)21-27)34(43)41(22-28-7-4-20-44-28)23-33(42)40-18-16-39(17-19-40)32-15-14-31(37-38-32)26-10-8-25(9-11-26)24-5-2-1-3-6-24/h1-3,5-6,8-15,21,28H,4,7,16-20,22-23H2. The number of rotatable bonds is 8. The van der Waals surface area contributed by atoms with E-state index in [9.17, 15) is 9.59 Å². The maximum Gasteiger partial charge on any atom is 0.255 e. The minimum atomic E-state index is -0.306. The third-order valence-corrected chi connectivity index (χ3v) is 8.67. The van der Waals surface area contributed by atoms with Crippen LogP contribution in [0.2, 0.25) is 10.0 Å². The van der Waals surface area contributed by atoms with Gasteiger partial charge < -0.3 is 19.4 Å². The Morgan fingerprint density at radius 2 is 1.57 bits per heavy atom. The van der Waals surface area contributed by atoms with E-state index in [2.05, 4.69) is 51.5 Å². The Morgan fingerprint density at radius 1 is 0.841 bits per heavy atom. The maximum absolute atomic E-state index is 13.5. The van der Waals surface area contributed by atoms with Crippen molar-refractivity contribution >= 4 is 40.8 Å². The number of benzene rings is 3. The summed E-state index contributed by atoms with van der Waals surface area (Å²) in [7, 11) is 0. The van der Waals surface area contributed by atoms with Crippen LogP contribution in [-0.2, 0) is 9.53 Å². The average Bonchev–Trinajstić information content (AvgIpc) is 3.58. The highest BCUT2D eigenvalue weighted by atomic mass is 35.5. The zero-order valence-electron chi connectivity index (χ0n) is 24.2. The number of carbonyl (C=O) groups excluding carboxylic acids is 2. The highest BCUT2D eigenvalue weighted by Gasteiger charge is 2.29. The van der Waals surface area contributed by atoms with Crippen molar-refractivity contribution in [1.29, 1.82) is 0 Å². The highest BCUT2D eigenvalue weighted by molar-refractivity contribution is 6.36. The minimum absolute atomic E-state index is 0.0464. The first kappa shape index (κ1) is 30.1. The Bertz CT molecular complexity index is 1590. The van der Waals surface area contributed by atoms with Crippen LogP contribution in [0.3, 0.4) is 0 Å². The summed E-state index contributed by atoms with van der Waals surface area (Å²) < 4.78 is 5.78. The molecule has 2 aliphatic heterocycles. The molecule has 0 aliphatic carbocycles. The van der Waals surface area contributed by atoms with Gasteiger partial charge in [0.05, 0.1) is 22.4 Å². The molecule has 0 radical (unpaired) electrons. The van der Waals surface area contributed by atoms with Crippen LogP contribution in [0.1, 0.15) is 23.2 Å². The van der Waals surface area contributed by atoms with Gasteiger partial charge in [-0.05, 0) is 54.3 Å². The number of ether oxygens (including phenoxy) is 1. The number of aromatic nitrogens is 2. The molecule has 8 nitrogen and oxygen atoms in total. The molecule has 3 aromatic carbocycles. The van der Waals surface area contributed by atoms with Crippen LogP contribution < -0.4 is 4.90 Å². The second-order valence-electron chi connectivity index (χ2n) is 11.0. The van der Waals surface area contributed by atoms with Gasteiger partial charge in [0.2, 0.25) is 5.91 Å². The molecule has 44 heavy (non-hydrogen) atoms. The smallest absolute Gasteiger partial charge is 0.255 e. The molecular weight excluding hydrogens is 597 g/mol. The number of piperazine rings is 1. The fraction of sp³-hybridized carbons (Fsp3) is 0.294. The third-order valence-electron chi connectivity index (χ3n) is 8.12. The summed E-state index contributed by atoms with van der Waals surface area (Å²) in [6, 6.07) is 27.3. The van der Waals surface area contributed by atoms with Crippen molar-refractivity contribution in [2.75, 3.05) is 50.8 Å². The molecular formula is C34H33Cl2N5O3. The predicted molar refractivity (Wildman–Crippen MR) is 173 cm³/mol. The van der Waals surface area contributed by atoms with Crippen LogP contribution in [0.4, 0.5) is 5.82 Å². The highest BCUT2D eigenvalue weighted by Crippen LogP contribution is 2.26. The van der Waals surface area contributed by atoms with Crippen molar-refractivity contribution in [2.24, 2.45) is 0 Å². The fourth-order valence-corrected chi connectivity index (χ4v) is 6.14. The lowest BCUT2D eigenvalue weighted by atomic mass is 10.0. The molecule has 0 bridgehead atoms. The van der Waals surface area contributed by atoms with Gasteiger partial charge in [-0.1, -0.05) is 77.8 Å². The van der Waals surface area contributed by atoms with E-state index in [4.69, 9.17) is 27.9 Å². The Morgan fingerprint density at radius 3 is 2.23 bits per heavy atom. The second-order valence-corrected chi connectivity index (χ2v) is 11.9. The molecule has 0 N–H and O–H groups in total. The molecule has 226 valence electrons. The van der Waals surface area contributed by atoms with Gasteiger partial charge in [0.25, 0.3) is 5.91 Å². The van der Waals surface area contributed by atoms with Gasteiger partial charge in [0.1, 0.15) is 6.54 Å². The Balaban J connectivity index is 1.06. The summed E-state index contributed by atoms with van der Waals surface area (Å²) in [4.78, 5) is 32.4. The quantitative estimate of drug-likeness (QED) is 0.235. The molecule has 0 spiro atoms. The maximum atomic E-state index is 13.5. The number of carbonyl (C=O) groups is 2. The number of nitrogens with zero attached hydrogens (tertiary/aromatic N) is 5. The van der Waals surface area contributed by atoms with Gasteiger partial charge in [-0.2, -0.15) is 0 Å². The van der Waals surface area contributed by atoms with Crippen LogP contribution >= 0.6 is 23.2 Å². The van der Waals surface area contributed by atoms with Crippen LogP contribution in [0, 0.1) is 0 Å². The first-order valence-corrected chi connectivity index (χ1v) is 15.6. The van der Waals surface area contributed by atoms with Crippen molar-refractivity contribution < 1.29 is 14.3 Å². The molecule has 0 saturated carbocycles. The first-order valence-electron chi connectivity index (χ1n) is 14.8. The van der Waals surface area contributed by atoms with Crippen molar-refractivity contribution in [1.82, 2.24) is 20.0 Å². The molecule has 2 amide bonds. The van der Waals surface area contributed by atoms with Gasteiger partial charge >= 0.3 is 0 Å². The van der Waals surface area contributed by atoms with E-state index < -0.39 is 0 Å². The van der Waals surface area contributed by atoms with Crippen LogP contribution in [0.5, 0.6) is 0 Å². The van der Waals surface area contributed by atoms with E-state index in [-0.39, 0.29) is 29.5 Å². The van der Waals surface area contributed by atoms with E-state index in [1.54, 1.807) is 28.0 Å². The second kappa shape index (κ2) is 13.8. The van der Waals surface area contributed by atoms with E-state index in [0.717, 1.165) is 35.5 Å². The predicted octanol–water partition coefficient (Wildman–Crippen LogP) is 6.09. The van der Waals surface area contributed by atoms with Gasteiger partial charge in [-0.25, -0.2) is 0 Å². The lowest BCUT2D eigenvalue weighted by molar-refractivity contribution is -0.132. The van der Waals surface area contributed by atoms with Gasteiger partial charge in [0, 0.05) is 49.9 Å². The molecule has 4 aromatic rings. The summed E-state index contributed by atoms with van der Waals surface area (Å²) in [6.07, 6.45) is 1.69. The summed E-state index contributed by atoms with van der Waals surface area (Å²) in [6.45, 7) is 3.23. The van der Waals surface area contributed by atoms with Crippen LogP contribution in [-0.4, -0.2) is 83.8 Å². The fourth-order valence-electron chi connectivity index (χ4n) is 5.65. The van der Waals surface area contributed by atoms with Gasteiger partial charge in [-0.3, -0.25) is 9.59 Å². The Hall–Kier alpha value is -3.98. The van der Waals surface area contributed by atoms with Crippen molar-refractivity contribution in [3.05, 3.63) is 101 Å². The Labute approximate surface area is 267 Å². The van der Waals surface area contributed by atoms with Gasteiger partial charge in [-0.15, -0.1) is 10.2 Å². The zero-order chi connectivity index (χ0) is 30.5. The molecule has 3 heterocycles. The van der Waals surface area contributed by atoms with E-state index >= 15 is 0 Å². The Kier molecular flexibility index (Phi) is 9.40. The third kappa shape index (κ3) is 7.04. The summed E-state index contributed by atoms with van der Waals surface area (Å²) in [5.41, 5.74) is 4.45. The van der Waals surface area contributed by atoms with Crippen molar-refractivity contribution in [3.8, 4) is 22.4 Å². The number of amides is 2. The molecule has 2 aliphatic rings. The lowest BCUT2D eigenvalue weighted by Crippen LogP contribution is -2.52. The summed E-state index contributed by atoms with van der Waals surface area (Å²) in [5.74, 6) is 0.356. The van der Waals surface area contributed by atoms with Crippen molar-refractivity contribution in [2.45, 2.75) is 18.9 Å². The number of hydrogen-bond donors (Lipinski definition) is 0. The summed E-state index contributed by atoms with van der Waals surface area (Å²) >= 11 is 12.4. The average molecular weight is 631 g/mol. The molecule has 1 aromatic heterocycles. The SMILES string of the molecule is O=C(CN(CC1CCCO1)C(=O)c1ccc(Cl)cc1Cl)N1CCN(c2ccc(-c3ccc(-c4ccccc4)cc3)nn2)CC1. The minimum Gasteiger partial charge on any atom is -0.376 e. The number of hydrogen-bond acceptors (Lipinski definition) is 6. The van der Waals surface area contributed by atoms with Crippen molar-refractivity contribution in [3.63, 3.8) is 0 Å². The lowest BCUT2D eigenvalue weighted by Gasteiger charge is -2.36. The monoisotopic (exact) mass is 629 g/mol. The molecule has 10 heteroatoms. The summed E-state index contributed by atoms with van der Waals surface area (Å²) in [5, 5.41) is 9.68. The number of anilines is 1. The van der Waals surface area contributed by atoms with Crippen LogP contribution in [0.25, 0.3) is 22.4 Å². The van der Waals surface area contributed by atoms with E-state index in [1.165, 1.54) is 5.56 Å². The van der Waals surface area contributed by atoms with Gasteiger partial charge in [0.15, 0.2) is 5.82 Å². The van der Waals surface area contributed by atoms with Crippen LogP contribution in [0.15, 0.2) is 84.9 Å². The molecule has 1 atom stereocenters. The molecule has 1 unspecified atom stereocenters. The normalized spacial score (nSPS) is 16.6. The first-order chi connectivity index (χ1) is 21.4. The van der Waals surface area contributed by atoms with E-state index in [0.29, 0.717) is 49.9 Å². The zero-order valence-corrected chi connectivity index (χ0v) is 25.8. The molecule has 2 fully saturated rings. The molecule has 6 rings (SSSR count). The van der Waals surface area contributed by atoms with E-state index in [1.807, 2.05) is 30.3 Å².